The predicted octanol–water partition coefficient (Wildman–Crippen LogP) is 3.62. The molecule has 1 fully saturated rings. The van der Waals surface area contributed by atoms with Crippen LogP contribution in [0.2, 0.25) is 0 Å². The number of aromatic nitrogens is 1. The fraction of sp³-hybridized carbons (Fsp3) is 0.438. The van der Waals surface area contributed by atoms with E-state index in [-0.39, 0.29) is 5.91 Å². The Morgan fingerprint density at radius 2 is 1.84 bits per heavy atom. The van der Waals surface area contributed by atoms with Crippen molar-refractivity contribution >= 4 is 16.8 Å². The molecule has 2 aromatic rings. The molecule has 0 aliphatic heterocycles. The number of aromatic amines is 1. The van der Waals surface area contributed by atoms with Gasteiger partial charge in [-0.15, -0.1) is 0 Å². The molecule has 0 atom stereocenters. The molecule has 3 rings (SSSR count). The van der Waals surface area contributed by atoms with Gasteiger partial charge in [-0.05, 0) is 25.0 Å². The van der Waals surface area contributed by atoms with Gasteiger partial charge >= 0.3 is 0 Å². The summed E-state index contributed by atoms with van der Waals surface area (Å²) in [5, 5.41) is 4.26. The second-order valence-electron chi connectivity index (χ2n) is 5.43. The number of amides is 1. The fourth-order valence-corrected chi connectivity index (χ4v) is 2.88. The molecule has 1 aromatic heterocycles. The molecule has 0 saturated heterocycles. The van der Waals surface area contributed by atoms with Crippen LogP contribution in [-0.2, 0) is 0 Å². The molecule has 3 nitrogen and oxygen atoms in total. The first-order chi connectivity index (χ1) is 9.33. The number of benzene rings is 1. The van der Waals surface area contributed by atoms with Crippen molar-refractivity contribution in [3.05, 3.63) is 36.0 Å². The molecule has 2 N–H and O–H groups in total. The van der Waals surface area contributed by atoms with Crippen LogP contribution in [0.1, 0.15) is 49.0 Å². The van der Waals surface area contributed by atoms with Crippen LogP contribution in [0.5, 0.6) is 0 Å². The van der Waals surface area contributed by atoms with Gasteiger partial charge in [0, 0.05) is 16.9 Å². The average Bonchev–Trinajstić information content (AvgIpc) is 2.70. The minimum absolute atomic E-state index is 0.0306. The summed E-state index contributed by atoms with van der Waals surface area (Å²) in [7, 11) is 0. The maximum atomic E-state index is 12.3. The van der Waals surface area contributed by atoms with E-state index < -0.39 is 0 Å². The Morgan fingerprint density at radius 1 is 1.11 bits per heavy atom. The standard InChI is InChI=1S/C16H20N2O/c19-16(17-13-8-3-1-2-4-9-13)15-11-12-7-5-6-10-14(12)18-15/h5-7,10-11,13,18H,1-4,8-9H2,(H,17,19). The van der Waals surface area contributed by atoms with Crippen LogP contribution >= 0.6 is 0 Å². The summed E-state index contributed by atoms with van der Waals surface area (Å²) in [6, 6.07) is 10.3. The zero-order valence-electron chi connectivity index (χ0n) is 11.1. The van der Waals surface area contributed by atoms with Gasteiger partial charge in [-0.1, -0.05) is 43.9 Å². The van der Waals surface area contributed by atoms with Gasteiger partial charge in [-0.2, -0.15) is 0 Å². The molecule has 3 heteroatoms. The lowest BCUT2D eigenvalue weighted by Crippen LogP contribution is -2.34. The van der Waals surface area contributed by atoms with E-state index in [1.165, 1.54) is 25.7 Å². The predicted molar refractivity (Wildman–Crippen MR) is 77.3 cm³/mol. The Morgan fingerprint density at radius 3 is 2.58 bits per heavy atom. The van der Waals surface area contributed by atoms with Gasteiger partial charge < -0.3 is 10.3 Å². The number of para-hydroxylation sites is 1. The molecule has 1 aliphatic carbocycles. The number of rotatable bonds is 2. The lowest BCUT2D eigenvalue weighted by molar-refractivity contribution is 0.0929. The normalized spacial score (nSPS) is 17.3. The lowest BCUT2D eigenvalue weighted by atomic mass is 10.1. The van der Waals surface area contributed by atoms with Crippen molar-refractivity contribution in [3.63, 3.8) is 0 Å². The quantitative estimate of drug-likeness (QED) is 0.792. The summed E-state index contributed by atoms with van der Waals surface area (Å²) < 4.78 is 0. The molecule has 1 aliphatic rings. The van der Waals surface area contributed by atoms with Gasteiger partial charge in [0.15, 0.2) is 0 Å². The summed E-state index contributed by atoms with van der Waals surface area (Å²) in [4.78, 5) is 15.4. The van der Waals surface area contributed by atoms with Gasteiger partial charge in [0.05, 0.1) is 0 Å². The first-order valence-electron chi connectivity index (χ1n) is 7.21. The van der Waals surface area contributed by atoms with E-state index in [1.54, 1.807) is 0 Å². The van der Waals surface area contributed by atoms with E-state index in [0.29, 0.717) is 11.7 Å². The monoisotopic (exact) mass is 256 g/mol. The molecular formula is C16H20N2O. The van der Waals surface area contributed by atoms with Crippen molar-refractivity contribution in [3.8, 4) is 0 Å². The highest BCUT2D eigenvalue weighted by Crippen LogP contribution is 2.19. The third-order valence-electron chi connectivity index (χ3n) is 3.96. The molecule has 1 amide bonds. The third kappa shape index (κ3) is 2.80. The highest BCUT2D eigenvalue weighted by atomic mass is 16.1. The van der Waals surface area contributed by atoms with E-state index in [0.717, 1.165) is 23.7 Å². The molecule has 0 radical (unpaired) electrons. The highest BCUT2D eigenvalue weighted by molar-refractivity contribution is 5.98. The van der Waals surface area contributed by atoms with Crippen molar-refractivity contribution in [2.45, 2.75) is 44.6 Å². The first kappa shape index (κ1) is 12.3. The van der Waals surface area contributed by atoms with Crippen molar-refractivity contribution in [2.24, 2.45) is 0 Å². The number of hydrogen-bond acceptors (Lipinski definition) is 1. The van der Waals surface area contributed by atoms with Crippen LogP contribution in [0.15, 0.2) is 30.3 Å². The van der Waals surface area contributed by atoms with Crippen LogP contribution in [0.4, 0.5) is 0 Å². The number of carbonyl (C=O) groups excluding carboxylic acids is 1. The average molecular weight is 256 g/mol. The van der Waals surface area contributed by atoms with Crippen molar-refractivity contribution in [2.75, 3.05) is 0 Å². The molecule has 0 unspecified atom stereocenters. The van der Waals surface area contributed by atoms with Crippen LogP contribution in [0.3, 0.4) is 0 Å². The summed E-state index contributed by atoms with van der Waals surface area (Å²) in [5.41, 5.74) is 1.69. The van der Waals surface area contributed by atoms with E-state index in [9.17, 15) is 4.79 Å². The minimum Gasteiger partial charge on any atom is -0.351 e. The number of fused-ring (bicyclic) bond motifs is 1. The summed E-state index contributed by atoms with van der Waals surface area (Å²) in [5.74, 6) is 0.0306. The maximum absolute atomic E-state index is 12.3. The van der Waals surface area contributed by atoms with Crippen LogP contribution in [-0.4, -0.2) is 16.9 Å². The number of carbonyl (C=O) groups is 1. The number of hydrogen-bond donors (Lipinski definition) is 2. The molecular weight excluding hydrogens is 236 g/mol. The van der Waals surface area contributed by atoms with Crippen LogP contribution in [0.25, 0.3) is 10.9 Å². The summed E-state index contributed by atoms with van der Waals surface area (Å²) in [6.07, 6.45) is 7.31. The second-order valence-corrected chi connectivity index (χ2v) is 5.43. The smallest absolute Gasteiger partial charge is 0.267 e. The van der Waals surface area contributed by atoms with E-state index in [1.807, 2.05) is 30.3 Å². The largest absolute Gasteiger partial charge is 0.351 e. The SMILES string of the molecule is O=C(NC1CCCCCC1)c1cc2ccccc2[nH]1. The zero-order chi connectivity index (χ0) is 13.1. The Bertz CT molecular complexity index is 532. The zero-order valence-corrected chi connectivity index (χ0v) is 11.1. The maximum Gasteiger partial charge on any atom is 0.267 e. The minimum atomic E-state index is 0.0306. The molecule has 19 heavy (non-hydrogen) atoms. The summed E-state index contributed by atoms with van der Waals surface area (Å²) >= 11 is 0. The van der Waals surface area contributed by atoms with E-state index in [2.05, 4.69) is 10.3 Å². The Hall–Kier alpha value is -1.77. The Labute approximate surface area is 113 Å². The summed E-state index contributed by atoms with van der Waals surface area (Å²) in [6.45, 7) is 0. The fourth-order valence-electron chi connectivity index (χ4n) is 2.88. The van der Waals surface area contributed by atoms with Gasteiger partial charge in [0.2, 0.25) is 0 Å². The topological polar surface area (TPSA) is 44.9 Å². The number of nitrogens with one attached hydrogen (secondary N) is 2. The van der Waals surface area contributed by atoms with Gasteiger partial charge in [0.1, 0.15) is 5.69 Å². The van der Waals surface area contributed by atoms with Gasteiger partial charge in [-0.25, -0.2) is 0 Å². The molecule has 1 saturated carbocycles. The van der Waals surface area contributed by atoms with Crippen molar-refractivity contribution < 1.29 is 4.79 Å². The lowest BCUT2D eigenvalue weighted by Gasteiger charge is -2.15. The number of H-pyrrole nitrogens is 1. The van der Waals surface area contributed by atoms with Crippen LogP contribution < -0.4 is 5.32 Å². The van der Waals surface area contributed by atoms with E-state index in [4.69, 9.17) is 0 Å². The highest BCUT2D eigenvalue weighted by Gasteiger charge is 2.16. The van der Waals surface area contributed by atoms with Crippen molar-refractivity contribution in [1.29, 1.82) is 0 Å². The molecule has 100 valence electrons. The van der Waals surface area contributed by atoms with Gasteiger partial charge in [-0.3, -0.25) is 4.79 Å². The Kier molecular flexibility index (Phi) is 3.53. The molecule has 1 heterocycles. The molecule has 0 bridgehead atoms. The Balaban J connectivity index is 1.72. The third-order valence-corrected chi connectivity index (χ3v) is 3.96. The second kappa shape index (κ2) is 5.47. The first-order valence-corrected chi connectivity index (χ1v) is 7.21. The van der Waals surface area contributed by atoms with Crippen LogP contribution in [0, 0.1) is 0 Å². The van der Waals surface area contributed by atoms with Gasteiger partial charge in [0.25, 0.3) is 5.91 Å². The molecule has 1 aromatic carbocycles. The van der Waals surface area contributed by atoms with E-state index >= 15 is 0 Å². The molecule has 0 spiro atoms. The van der Waals surface area contributed by atoms with Crippen molar-refractivity contribution in [1.82, 2.24) is 10.3 Å².